The van der Waals surface area contributed by atoms with Gasteiger partial charge in [0.05, 0.1) is 12.2 Å². The summed E-state index contributed by atoms with van der Waals surface area (Å²) in [7, 11) is 1.88. The molecule has 3 aromatic rings. The van der Waals surface area contributed by atoms with Crippen LogP contribution in [-0.2, 0) is 13.0 Å². The highest BCUT2D eigenvalue weighted by Crippen LogP contribution is 2.40. The van der Waals surface area contributed by atoms with Crippen molar-refractivity contribution in [1.29, 1.82) is 0 Å². The first kappa shape index (κ1) is 22.3. The van der Waals surface area contributed by atoms with Crippen molar-refractivity contribution in [2.75, 3.05) is 38.3 Å². The zero-order valence-electron chi connectivity index (χ0n) is 17.8. The fourth-order valence-corrected chi connectivity index (χ4v) is 3.42. The normalized spacial score (nSPS) is 11.1. The van der Waals surface area contributed by atoms with Gasteiger partial charge in [-0.25, -0.2) is 9.37 Å². The number of hydrogen-bond acceptors (Lipinski definition) is 7. The predicted octanol–water partition coefficient (Wildman–Crippen LogP) is 3.40. The van der Waals surface area contributed by atoms with Gasteiger partial charge in [0.15, 0.2) is 0 Å². The third kappa shape index (κ3) is 5.61. The third-order valence-electron chi connectivity index (χ3n) is 4.91. The van der Waals surface area contributed by atoms with Gasteiger partial charge < -0.3 is 21.3 Å². The second-order valence-electron chi connectivity index (χ2n) is 7.36. The molecule has 0 fully saturated rings. The van der Waals surface area contributed by atoms with Crippen molar-refractivity contribution < 1.29 is 14.2 Å². The number of anilines is 2. The van der Waals surface area contributed by atoms with Crippen LogP contribution in [0.5, 0.6) is 11.5 Å². The number of benzene rings is 2. The van der Waals surface area contributed by atoms with Crippen LogP contribution >= 0.6 is 0 Å². The molecule has 1 aromatic heterocycles. The molecule has 1 heterocycles. The Morgan fingerprint density at radius 2 is 1.87 bits per heavy atom. The van der Waals surface area contributed by atoms with E-state index in [4.69, 9.17) is 16.2 Å². The highest BCUT2D eigenvalue weighted by molar-refractivity contribution is 5.77. The molecule has 0 saturated heterocycles. The number of nitrogens with two attached hydrogens (primary N) is 2. The van der Waals surface area contributed by atoms with Gasteiger partial charge in [0.25, 0.3) is 0 Å². The maximum absolute atomic E-state index is 12.5. The lowest BCUT2D eigenvalue weighted by atomic mass is 9.97. The van der Waals surface area contributed by atoms with Crippen molar-refractivity contribution in [2.24, 2.45) is 0 Å². The van der Waals surface area contributed by atoms with Crippen molar-refractivity contribution >= 4 is 11.8 Å². The fraction of sp³-hybridized carbons (Fsp3) is 0.304. The fourth-order valence-electron chi connectivity index (χ4n) is 3.42. The molecular weight excluding hydrogens is 397 g/mol. The van der Waals surface area contributed by atoms with E-state index in [-0.39, 0.29) is 18.4 Å². The molecule has 8 heteroatoms. The Morgan fingerprint density at radius 3 is 2.52 bits per heavy atom. The number of phenolic OH excluding ortho intramolecular Hbond substituents is 1. The molecule has 0 bridgehead atoms. The van der Waals surface area contributed by atoms with Gasteiger partial charge in [-0.3, -0.25) is 4.90 Å². The number of halogens is 1. The standard InChI is InChI=1S/C23H28FN5O2/c1-3-31-20-12-16(10-18-13-27-23(26)28-22(18)25)11-19(30)21(20)17-6-4-15(5-7-17)14-29(2)9-8-24/h4-7,11-13,30H,3,8-10,14H2,1-2H3,(H4,25,26,27,28). The van der Waals surface area contributed by atoms with Crippen LogP contribution in [-0.4, -0.2) is 46.8 Å². The molecule has 0 spiro atoms. The summed E-state index contributed by atoms with van der Waals surface area (Å²) in [5.41, 5.74) is 15.6. The molecule has 0 amide bonds. The van der Waals surface area contributed by atoms with Crippen molar-refractivity contribution in [1.82, 2.24) is 14.9 Å². The molecule has 0 radical (unpaired) electrons. The van der Waals surface area contributed by atoms with Crippen LogP contribution in [0.1, 0.15) is 23.6 Å². The molecule has 5 N–H and O–H groups in total. The number of nitrogen functional groups attached to an aromatic ring is 2. The lowest BCUT2D eigenvalue weighted by Crippen LogP contribution is -2.20. The minimum absolute atomic E-state index is 0.109. The SMILES string of the molecule is CCOc1cc(Cc2cnc(N)nc2N)cc(O)c1-c1ccc(CN(C)CCF)cc1. The first-order valence-corrected chi connectivity index (χ1v) is 10.1. The number of rotatable bonds is 9. The van der Waals surface area contributed by atoms with E-state index in [0.29, 0.717) is 48.8 Å². The summed E-state index contributed by atoms with van der Waals surface area (Å²) in [5.74, 6) is 1.11. The second kappa shape index (κ2) is 10.1. The van der Waals surface area contributed by atoms with Crippen LogP contribution < -0.4 is 16.2 Å². The van der Waals surface area contributed by atoms with Crippen LogP contribution in [0.15, 0.2) is 42.6 Å². The molecule has 3 rings (SSSR count). The number of aromatic hydroxyl groups is 1. The van der Waals surface area contributed by atoms with E-state index in [1.807, 2.05) is 49.2 Å². The van der Waals surface area contributed by atoms with Gasteiger partial charge in [0.1, 0.15) is 24.0 Å². The summed E-state index contributed by atoms with van der Waals surface area (Å²) in [5, 5.41) is 10.8. The minimum atomic E-state index is -0.374. The van der Waals surface area contributed by atoms with Crippen molar-refractivity contribution in [3.63, 3.8) is 0 Å². The number of nitrogens with zero attached hydrogens (tertiary/aromatic N) is 3. The van der Waals surface area contributed by atoms with Gasteiger partial charge in [0.2, 0.25) is 5.95 Å². The smallest absolute Gasteiger partial charge is 0.221 e. The number of phenols is 1. The molecule has 0 atom stereocenters. The Kier molecular flexibility index (Phi) is 7.25. The van der Waals surface area contributed by atoms with Gasteiger partial charge in [-0.05, 0) is 42.8 Å². The van der Waals surface area contributed by atoms with Crippen LogP contribution in [0.3, 0.4) is 0 Å². The first-order valence-electron chi connectivity index (χ1n) is 10.1. The van der Waals surface area contributed by atoms with Gasteiger partial charge in [-0.1, -0.05) is 24.3 Å². The molecule has 0 aliphatic heterocycles. The van der Waals surface area contributed by atoms with Gasteiger partial charge in [0, 0.05) is 31.3 Å². The monoisotopic (exact) mass is 425 g/mol. The van der Waals surface area contributed by atoms with Crippen LogP contribution in [0, 0.1) is 0 Å². The molecule has 164 valence electrons. The first-order chi connectivity index (χ1) is 14.9. The zero-order chi connectivity index (χ0) is 22.4. The lowest BCUT2D eigenvalue weighted by Gasteiger charge is -2.17. The maximum Gasteiger partial charge on any atom is 0.221 e. The van der Waals surface area contributed by atoms with Crippen molar-refractivity contribution in [3.05, 3.63) is 59.3 Å². The molecule has 0 unspecified atom stereocenters. The summed E-state index contributed by atoms with van der Waals surface area (Å²) in [6.07, 6.45) is 2.02. The van der Waals surface area contributed by atoms with Gasteiger partial charge in [-0.15, -0.1) is 0 Å². The molecule has 0 saturated carbocycles. The topological polar surface area (TPSA) is 111 Å². The van der Waals surface area contributed by atoms with Crippen LogP contribution in [0.4, 0.5) is 16.2 Å². The van der Waals surface area contributed by atoms with Crippen LogP contribution in [0.2, 0.25) is 0 Å². The van der Waals surface area contributed by atoms with Crippen molar-refractivity contribution in [2.45, 2.75) is 19.9 Å². The van der Waals surface area contributed by atoms with E-state index in [2.05, 4.69) is 9.97 Å². The summed E-state index contributed by atoms with van der Waals surface area (Å²) >= 11 is 0. The molecule has 2 aromatic carbocycles. The molecular formula is C23H28FN5O2. The third-order valence-corrected chi connectivity index (χ3v) is 4.91. The summed E-state index contributed by atoms with van der Waals surface area (Å²) in [6, 6.07) is 11.4. The zero-order valence-corrected chi connectivity index (χ0v) is 17.8. The predicted molar refractivity (Wildman–Crippen MR) is 121 cm³/mol. The van der Waals surface area contributed by atoms with Gasteiger partial charge >= 0.3 is 0 Å². The van der Waals surface area contributed by atoms with E-state index >= 15 is 0 Å². The molecule has 7 nitrogen and oxygen atoms in total. The van der Waals surface area contributed by atoms with E-state index in [9.17, 15) is 9.50 Å². The molecule has 0 aliphatic carbocycles. The molecule has 31 heavy (non-hydrogen) atoms. The highest BCUT2D eigenvalue weighted by atomic mass is 19.1. The van der Waals surface area contributed by atoms with E-state index in [1.54, 1.807) is 12.3 Å². The van der Waals surface area contributed by atoms with E-state index < -0.39 is 0 Å². The Morgan fingerprint density at radius 1 is 1.13 bits per heavy atom. The summed E-state index contributed by atoms with van der Waals surface area (Å²) in [6.45, 7) is 3.01. The number of aromatic nitrogens is 2. The Balaban J connectivity index is 1.90. The number of hydrogen-bond donors (Lipinski definition) is 3. The lowest BCUT2D eigenvalue weighted by molar-refractivity contribution is 0.289. The Labute approximate surface area is 181 Å². The largest absolute Gasteiger partial charge is 0.507 e. The summed E-state index contributed by atoms with van der Waals surface area (Å²) < 4.78 is 18.3. The van der Waals surface area contributed by atoms with Crippen LogP contribution in [0.25, 0.3) is 11.1 Å². The van der Waals surface area contributed by atoms with E-state index in [0.717, 1.165) is 16.7 Å². The summed E-state index contributed by atoms with van der Waals surface area (Å²) in [4.78, 5) is 9.89. The van der Waals surface area contributed by atoms with Gasteiger partial charge in [-0.2, -0.15) is 4.98 Å². The number of ether oxygens (including phenoxy) is 1. The maximum atomic E-state index is 12.5. The Hall–Kier alpha value is -3.39. The quantitative estimate of drug-likeness (QED) is 0.482. The second-order valence-corrected chi connectivity index (χ2v) is 7.36. The molecule has 0 aliphatic rings. The minimum Gasteiger partial charge on any atom is -0.507 e. The van der Waals surface area contributed by atoms with E-state index in [1.165, 1.54) is 0 Å². The highest BCUT2D eigenvalue weighted by Gasteiger charge is 2.15. The Bertz CT molecular complexity index is 1030. The average molecular weight is 426 g/mol. The average Bonchev–Trinajstić information content (AvgIpc) is 2.71. The van der Waals surface area contributed by atoms with Crippen molar-refractivity contribution in [3.8, 4) is 22.6 Å². The number of alkyl halides is 1.